The highest BCUT2D eigenvalue weighted by molar-refractivity contribution is 14.1. The third-order valence-electron chi connectivity index (χ3n) is 3.28. The number of hydrogen-bond acceptors (Lipinski definition) is 4. The molecule has 0 saturated heterocycles. The van der Waals surface area contributed by atoms with Gasteiger partial charge in [-0.1, -0.05) is 0 Å². The molecule has 0 amide bonds. The summed E-state index contributed by atoms with van der Waals surface area (Å²) < 4.78 is 14.5. The van der Waals surface area contributed by atoms with Crippen LogP contribution in [0.15, 0.2) is 18.2 Å². The lowest BCUT2D eigenvalue weighted by molar-refractivity contribution is 0.432. The second-order valence-electron chi connectivity index (χ2n) is 4.79. The van der Waals surface area contributed by atoms with Crippen LogP contribution in [0.1, 0.15) is 24.5 Å². The first-order valence-electron chi connectivity index (χ1n) is 6.34. The third-order valence-corrected chi connectivity index (χ3v) is 4.35. The summed E-state index contributed by atoms with van der Waals surface area (Å²) >= 11 is 2.24. The molecule has 0 aliphatic heterocycles. The fourth-order valence-electron chi connectivity index (χ4n) is 2.03. The Morgan fingerprint density at radius 3 is 2.70 bits per heavy atom. The van der Waals surface area contributed by atoms with Crippen molar-refractivity contribution >= 4 is 28.4 Å². The molecule has 0 atom stereocenters. The Morgan fingerprint density at radius 1 is 1.35 bits per heavy atom. The zero-order valence-electron chi connectivity index (χ0n) is 10.8. The number of aromatic nitrogens is 2. The number of benzene rings is 1. The van der Waals surface area contributed by atoms with Gasteiger partial charge in [0.25, 0.3) is 0 Å². The van der Waals surface area contributed by atoms with Gasteiger partial charge in [0.05, 0.1) is 9.26 Å². The van der Waals surface area contributed by atoms with Crippen molar-refractivity contribution in [2.24, 2.45) is 0 Å². The third kappa shape index (κ3) is 2.44. The number of nitrogens with zero attached hydrogens (tertiary/aromatic N) is 2. The number of rotatable bonds is 3. The Labute approximate surface area is 129 Å². The first-order valence-corrected chi connectivity index (χ1v) is 7.42. The predicted molar refractivity (Wildman–Crippen MR) is 83.3 cm³/mol. The highest BCUT2D eigenvalue weighted by Gasteiger charge is 2.29. The van der Waals surface area contributed by atoms with Crippen LogP contribution < -0.4 is 5.32 Å². The van der Waals surface area contributed by atoms with E-state index >= 15 is 0 Å². The number of halogens is 2. The fourth-order valence-corrected chi connectivity index (χ4v) is 2.98. The van der Waals surface area contributed by atoms with Crippen molar-refractivity contribution in [2.75, 3.05) is 12.4 Å². The van der Waals surface area contributed by atoms with E-state index in [4.69, 9.17) is 0 Å². The summed E-state index contributed by atoms with van der Waals surface area (Å²) in [5.41, 5.74) is 1.59. The summed E-state index contributed by atoms with van der Waals surface area (Å²) in [6.07, 6.45) is 2.28. The van der Waals surface area contributed by atoms with E-state index in [1.165, 1.54) is 12.1 Å². The van der Waals surface area contributed by atoms with E-state index in [9.17, 15) is 9.50 Å². The van der Waals surface area contributed by atoms with E-state index < -0.39 is 5.82 Å². The van der Waals surface area contributed by atoms with Crippen LogP contribution in [0.2, 0.25) is 0 Å². The molecule has 3 rings (SSSR count). The van der Waals surface area contributed by atoms with Gasteiger partial charge in [-0.15, -0.1) is 0 Å². The minimum absolute atomic E-state index is 0.365. The van der Waals surface area contributed by atoms with Gasteiger partial charge in [-0.25, -0.2) is 14.4 Å². The monoisotopic (exact) mass is 385 g/mol. The summed E-state index contributed by atoms with van der Waals surface area (Å²) in [5, 5.41) is 12.3. The number of phenolic OH excluding ortho intramolecular Hbond substituents is 1. The molecular weight excluding hydrogens is 372 g/mol. The van der Waals surface area contributed by atoms with Crippen LogP contribution in [0.25, 0.3) is 11.4 Å². The Kier molecular flexibility index (Phi) is 3.49. The molecule has 1 aliphatic rings. The van der Waals surface area contributed by atoms with E-state index in [-0.39, 0.29) is 5.75 Å². The van der Waals surface area contributed by atoms with Crippen LogP contribution in [0.5, 0.6) is 5.75 Å². The summed E-state index contributed by atoms with van der Waals surface area (Å²) in [7, 11) is 1.81. The molecule has 104 valence electrons. The van der Waals surface area contributed by atoms with Gasteiger partial charge in [0, 0.05) is 18.5 Å². The van der Waals surface area contributed by atoms with Crippen LogP contribution in [-0.4, -0.2) is 22.1 Å². The van der Waals surface area contributed by atoms with E-state index in [0.717, 1.165) is 27.9 Å². The molecule has 2 aromatic rings. The molecule has 1 saturated carbocycles. The second-order valence-corrected chi connectivity index (χ2v) is 5.86. The van der Waals surface area contributed by atoms with Gasteiger partial charge in [0.15, 0.2) is 17.4 Å². The highest BCUT2D eigenvalue weighted by atomic mass is 127. The molecule has 20 heavy (non-hydrogen) atoms. The average Bonchev–Trinajstić information content (AvgIpc) is 3.27. The molecule has 1 aromatic carbocycles. The molecule has 1 aliphatic carbocycles. The van der Waals surface area contributed by atoms with Crippen molar-refractivity contribution in [3.05, 3.63) is 33.3 Å². The van der Waals surface area contributed by atoms with Crippen molar-refractivity contribution in [2.45, 2.75) is 18.8 Å². The topological polar surface area (TPSA) is 58.0 Å². The molecule has 1 aromatic heterocycles. The van der Waals surface area contributed by atoms with Gasteiger partial charge >= 0.3 is 0 Å². The van der Waals surface area contributed by atoms with Crippen molar-refractivity contribution in [1.82, 2.24) is 9.97 Å². The Bertz CT molecular complexity index is 674. The lowest BCUT2D eigenvalue weighted by atomic mass is 10.2. The molecule has 0 bridgehead atoms. The Balaban J connectivity index is 2.12. The number of aromatic hydroxyl groups is 1. The zero-order valence-corrected chi connectivity index (χ0v) is 13.0. The first kappa shape index (κ1) is 13.5. The number of anilines is 1. The zero-order chi connectivity index (χ0) is 14.3. The molecular formula is C14H13FIN3O. The van der Waals surface area contributed by atoms with Gasteiger partial charge in [-0.2, -0.15) is 0 Å². The van der Waals surface area contributed by atoms with E-state index in [0.29, 0.717) is 17.3 Å². The lowest BCUT2D eigenvalue weighted by Gasteiger charge is -2.11. The predicted octanol–water partition coefficient (Wildman–Crippen LogP) is 3.51. The molecule has 0 unspecified atom stereocenters. The minimum Gasteiger partial charge on any atom is -0.505 e. The van der Waals surface area contributed by atoms with Crippen LogP contribution in [0.3, 0.4) is 0 Å². The standard InChI is InChI=1S/C14H13FIN3O/c1-17-14-11(16)12(7-2-3-7)18-13(19-14)8-4-5-10(20)9(15)6-8/h4-7,20H,2-3H2,1H3,(H,17,18,19). The van der Waals surface area contributed by atoms with Crippen molar-refractivity contribution in [3.8, 4) is 17.1 Å². The normalized spacial score (nSPS) is 14.3. The molecule has 0 spiro atoms. The largest absolute Gasteiger partial charge is 0.505 e. The van der Waals surface area contributed by atoms with Crippen LogP contribution in [-0.2, 0) is 0 Å². The Hall–Kier alpha value is -1.44. The maximum absolute atomic E-state index is 13.5. The van der Waals surface area contributed by atoms with Gasteiger partial charge < -0.3 is 10.4 Å². The summed E-state index contributed by atoms with van der Waals surface area (Å²) in [4.78, 5) is 9.00. The molecule has 1 heterocycles. The smallest absolute Gasteiger partial charge is 0.165 e. The van der Waals surface area contributed by atoms with Crippen LogP contribution >= 0.6 is 22.6 Å². The van der Waals surface area contributed by atoms with Gasteiger partial charge in [0.2, 0.25) is 0 Å². The van der Waals surface area contributed by atoms with Crippen molar-refractivity contribution in [3.63, 3.8) is 0 Å². The first-order chi connectivity index (χ1) is 9.60. The molecule has 2 N–H and O–H groups in total. The Morgan fingerprint density at radius 2 is 2.10 bits per heavy atom. The summed E-state index contributed by atoms with van der Waals surface area (Å²) in [6, 6.07) is 4.20. The van der Waals surface area contributed by atoms with E-state index in [1.807, 2.05) is 7.05 Å². The highest BCUT2D eigenvalue weighted by Crippen LogP contribution is 2.43. The lowest BCUT2D eigenvalue weighted by Crippen LogP contribution is -2.04. The quantitative estimate of drug-likeness (QED) is 0.795. The van der Waals surface area contributed by atoms with Crippen LogP contribution in [0, 0.1) is 9.39 Å². The molecule has 6 heteroatoms. The number of nitrogens with one attached hydrogen (secondary N) is 1. The minimum atomic E-state index is -0.663. The maximum atomic E-state index is 13.5. The number of hydrogen-bond donors (Lipinski definition) is 2. The average molecular weight is 385 g/mol. The van der Waals surface area contributed by atoms with Gasteiger partial charge in [0.1, 0.15) is 5.82 Å². The molecule has 4 nitrogen and oxygen atoms in total. The maximum Gasteiger partial charge on any atom is 0.165 e. The van der Waals surface area contributed by atoms with Crippen molar-refractivity contribution < 1.29 is 9.50 Å². The van der Waals surface area contributed by atoms with Crippen LogP contribution in [0.4, 0.5) is 10.2 Å². The van der Waals surface area contributed by atoms with Crippen molar-refractivity contribution in [1.29, 1.82) is 0 Å². The summed E-state index contributed by atoms with van der Waals surface area (Å²) in [6.45, 7) is 0. The summed E-state index contributed by atoms with van der Waals surface area (Å²) in [5.74, 6) is 0.693. The van der Waals surface area contributed by atoms with E-state index in [2.05, 4.69) is 37.9 Å². The molecule has 1 fully saturated rings. The van der Waals surface area contributed by atoms with E-state index in [1.54, 1.807) is 6.07 Å². The van der Waals surface area contributed by atoms with Gasteiger partial charge in [-0.3, -0.25) is 0 Å². The molecule has 0 radical (unpaired) electrons. The van der Waals surface area contributed by atoms with Gasteiger partial charge in [-0.05, 0) is 53.6 Å². The fraction of sp³-hybridized carbons (Fsp3) is 0.286. The SMILES string of the molecule is CNc1nc(-c2ccc(O)c(F)c2)nc(C2CC2)c1I. The second kappa shape index (κ2) is 5.16. The number of phenols is 1.